The van der Waals surface area contributed by atoms with Crippen LogP contribution in [0.2, 0.25) is 0 Å². The molecule has 0 spiro atoms. The highest BCUT2D eigenvalue weighted by atomic mass is 32.2. The molecular weight excluding hydrogens is 496 g/mol. The monoisotopic (exact) mass is 522 g/mol. The van der Waals surface area contributed by atoms with Crippen molar-refractivity contribution >= 4 is 51.9 Å². The van der Waals surface area contributed by atoms with Gasteiger partial charge in [0.1, 0.15) is 11.6 Å². The zero-order chi connectivity index (χ0) is 25.5. The number of anilines is 3. The van der Waals surface area contributed by atoms with Gasteiger partial charge in [0.15, 0.2) is 0 Å². The fourth-order valence-corrected chi connectivity index (χ4v) is 5.70. The van der Waals surface area contributed by atoms with Crippen LogP contribution in [-0.4, -0.2) is 84.4 Å². The number of ether oxygens (including phenoxy) is 2. The summed E-state index contributed by atoms with van der Waals surface area (Å²) in [5.74, 6) is 0.835. The molecule has 37 heavy (non-hydrogen) atoms. The number of β-amino-alcohol motifs (C(OH)–C–C–N with tert-alkyl or cyclic N) is 1. The number of aromatic nitrogens is 2. The molecule has 5 heterocycles. The lowest BCUT2D eigenvalue weighted by atomic mass is 10.2. The van der Waals surface area contributed by atoms with Crippen LogP contribution < -0.4 is 25.2 Å². The number of pyridine rings is 2. The third kappa shape index (κ3) is 4.63. The summed E-state index contributed by atoms with van der Waals surface area (Å²) in [6.07, 6.45) is 0.319. The predicted molar refractivity (Wildman–Crippen MR) is 140 cm³/mol. The molecule has 3 N–H and O–H groups in total. The minimum atomic E-state index is -0.608. The lowest BCUT2D eigenvalue weighted by molar-refractivity contribution is -0.113. The summed E-state index contributed by atoms with van der Waals surface area (Å²) >= 11 is 1.47. The first-order valence-corrected chi connectivity index (χ1v) is 13.0. The van der Waals surface area contributed by atoms with Crippen molar-refractivity contribution in [3.8, 4) is 5.88 Å². The number of aliphatic hydroxyl groups excluding tert-OH is 1. The number of methoxy groups -OCH3 is 1. The van der Waals surface area contributed by atoms with Crippen LogP contribution in [0, 0.1) is 0 Å². The number of fused-ring (bicyclic) bond motifs is 2. The van der Waals surface area contributed by atoms with E-state index in [9.17, 15) is 14.7 Å². The SMILES string of the molecule is COc1ccc2nccc(N3C[C@@H](O)[C@H](NCC4CN(c5ccc6c(c5)NC(=O)CS6)C(=O)O4)C3)c2n1. The van der Waals surface area contributed by atoms with Gasteiger partial charge in [-0.3, -0.25) is 14.7 Å². The lowest BCUT2D eigenvalue weighted by Crippen LogP contribution is -2.43. The third-order valence-corrected chi connectivity index (χ3v) is 7.84. The van der Waals surface area contributed by atoms with Crippen LogP contribution in [0.25, 0.3) is 11.0 Å². The summed E-state index contributed by atoms with van der Waals surface area (Å²) in [7, 11) is 1.57. The molecule has 3 aliphatic rings. The maximum absolute atomic E-state index is 12.6. The van der Waals surface area contributed by atoms with Crippen LogP contribution in [0.15, 0.2) is 47.5 Å². The number of carbonyl (C=O) groups is 2. The van der Waals surface area contributed by atoms with E-state index >= 15 is 0 Å². The van der Waals surface area contributed by atoms with Crippen molar-refractivity contribution in [2.24, 2.45) is 0 Å². The molecule has 2 amide bonds. The van der Waals surface area contributed by atoms with Crippen LogP contribution >= 0.6 is 11.8 Å². The summed E-state index contributed by atoms with van der Waals surface area (Å²) in [6.45, 7) is 1.77. The average molecular weight is 523 g/mol. The largest absolute Gasteiger partial charge is 0.481 e. The molecule has 1 aromatic carbocycles. The van der Waals surface area contributed by atoms with Gasteiger partial charge in [-0.15, -0.1) is 11.8 Å². The number of rotatable bonds is 6. The van der Waals surface area contributed by atoms with Crippen LogP contribution in [-0.2, 0) is 9.53 Å². The molecule has 2 aromatic heterocycles. The number of cyclic esters (lactones) is 1. The van der Waals surface area contributed by atoms with Gasteiger partial charge in [0.25, 0.3) is 0 Å². The van der Waals surface area contributed by atoms with Crippen molar-refractivity contribution in [3.05, 3.63) is 42.6 Å². The number of amides is 2. The van der Waals surface area contributed by atoms with Crippen LogP contribution in [0.3, 0.4) is 0 Å². The zero-order valence-corrected chi connectivity index (χ0v) is 20.9. The van der Waals surface area contributed by atoms with E-state index in [-0.39, 0.29) is 18.1 Å². The molecule has 2 saturated heterocycles. The van der Waals surface area contributed by atoms with Gasteiger partial charge in [-0.1, -0.05) is 0 Å². The van der Waals surface area contributed by atoms with Crippen molar-refractivity contribution in [3.63, 3.8) is 0 Å². The first-order valence-electron chi connectivity index (χ1n) is 12.0. The molecule has 3 atom stereocenters. The van der Waals surface area contributed by atoms with Gasteiger partial charge < -0.3 is 30.1 Å². The number of thioether (sulfide) groups is 1. The molecule has 192 valence electrons. The zero-order valence-electron chi connectivity index (χ0n) is 20.1. The summed E-state index contributed by atoms with van der Waals surface area (Å²) in [6, 6.07) is 10.9. The second-order valence-corrected chi connectivity index (χ2v) is 10.2. The Morgan fingerprint density at radius 2 is 2.11 bits per heavy atom. The number of hydrogen-bond donors (Lipinski definition) is 3. The number of nitrogens with one attached hydrogen (secondary N) is 2. The molecule has 6 rings (SSSR count). The average Bonchev–Trinajstić information content (AvgIpc) is 3.47. The fourth-order valence-electron chi connectivity index (χ4n) is 4.91. The Bertz CT molecular complexity index is 1370. The van der Waals surface area contributed by atoms with E-state index in [2.05, 4.69) is 25.5 Å². The fraction of sp³-hybridized carbons (Fsp3) is 0.360. The van der Waals surface area contributed by atoms with E-state index in [1.54, 1.807) is 30.3 Å². The van der Waals surface area contributed by atoms with Gasteiger partial charge in [-0.2, -0.15) is 0 Å². The van der Waals surface area contributed by atoms with Gasteiger partial charge >= 0.3 is 6.09 Å². The second kappa shape index (κ2) is 9.69. The molecule has 3 aromatic rings. The Balaban J connectivity index is 1.10. The van der Waals surface area contributed by atoms with E-state index in [0.717, 1.165) is 21.6 Å². The Hall–Kier alpha value is -3.61. The summed E-state index contributed by atoms with van der Waals surface area (Å²) in [5.41, 5.74) is 3.73. The number of benzene rings is 1. The van der Waals surface area contributed by atoms with Gasteiger partial charge in [0, 0.05) is 42.5 Å². The van der Waals surface area contributed by atoms with Crippen LogP contribution in [0.5, 0.6) is 5.88 Å². The van der Waals surface area contributed by atoms with Crippen molar-refractivity contribution in [2.45, 2.75) is 23.1 Å². The molecule has 1 unspecified atom stereocenters. The summed E-state index contributed by atoms with van der Waals surface area (Å²) < 4.78 is 10.9. The maximum Gasteiger partial charge on any atom is 0.414 e. The normalized spacial score (nSPS) is 23.2. The first-order chi connectivity index (χ1) is 18.0. The molecule has 11 nitrogen and oxygen atoms in total. The molecular formula is C25H26N6O5S. The molecule has 0 radical (unpaired) electrons. The maximum atomic E-state index is 12.6. The highest BCUT2D eigenvalue weighted by Crippen LogP contribution is 2.35. The Morgan fingerprint density at radius 3 is 2.97 bits per heavy atom. The Morgan fingerprint density at radius 1 is 1.22 bits per heavy atom. The Kier molecular flexibility index (Phi) is 6.22. The highest BCUT2D eigenvalue weighted by molar-refractivity contribution is 8.00. The summed E-state index contributed by atoms with van der Waals surface area (Å²) in [5, 5.41) is 17.0. The van der Waals surface area contributed by atoms with Gasteiger partial charge in [-0.05, 0) is 30.3 Å². The van der Waals surface area contributed by atoms with Crippen molar-refractivity contribution in [2.75, 3.05) is 54.2 Å². The standard InChI is InChI=1S/C25H26N6O5S/c1-35-23-5-3-16-24(29-23)19(6-7-26-16)30-11-18(20(32)12-30)27-9-15-10-31(25(34)36-15)14-2-4-21-17(8-14)28-22(33)13-37-21/h2-8,15,18,20,27,32H,9-13H2,1H3,(H,28,33)/t15?,18-,20-/m1/s1. The van der Waals surface area contributed by atoms with Crippen molar-refractivity contribution in [1.29, 1.82) is 0 Å². The smallest absolute Gasteiger partial charge is 0.414 e. The van der Waals surface area contributed by atoms with E-state index in [0.29, 0.717) is 49.2 Å². The van der Waals surface area contributed by atoms with Gasteiger partial charge in [0.05, 0.1) is 48.4 Å². The Labute approximate surface area is 217 Å². The minimum Gasteiger partial charge on any atom is -0.481 e. The number of hydrogen-bond acceptors (Lipinski definition) is 10. The van der Waals surface area contributed by atoms with E-state index in [1.165, 1.54) is 11.8 Å². The van der Waals surface area contributed by atoms with Gasteiger partial charge in [-0.25, -0.2) is 9.78 Å². The molecule has 12 heteroatoms. The molecule has 0 bridgehead atoms. The molecule has 2 fully saturated rings. The quantitative estimate of drug-likeness (QED) is 0.441. The molecule has 3 aliphatic heterocycles. The second-order valence-electron chi connectivity index (χ2n) is 9.17. The number of aliphatic hydroxyl groups is 1. The number of carbonyl (C=O) groups excluding carboxylic acids is 2. The first kappa shape index (κ1) is 23.8. The van der Waals surface area contributed by atoms with Crippen LogP contribution in [0.4, 0.5) is 21.9 Å². The predicted octanol–water partition coefficient (Wildman–Crippen LogP) is 1.85. The van der Waals surface area contributed by atoms with Crippen molar-refractivity contribution in [1.82, 2.24) is 15.3 Å². The molecule has 0 aliphatic carbocycles. The van der Waals surface area contributed by atoms with Crippen LogP contribution in [0.1, 0.15) is 0 Å². The highest BCUT2D eigenvalue weighted by Gasteiger charge is 2.36. The van der Waals surface area contributed by atoms with E-state index in [1.807, 2.05) is 24.3 Å². The van der Waals surface area contributed by atoms with Gasteiger partial charge in [0.2, 0.25) is 11.8 Å². The molecule has 0 saturated carbocycles. The minimum absolute atomic E-state index is 0.0560. The van der Waals surface area contributed by atoms with Crippen molar-refractivity contribution < 1.29 is 24.2 Å². The lowest BCUT2D eigenvalue weighted by Gasteiger charge is -2.21. The topological polar surface area (TPSA) is 129 Å². The third-order valence-electron chi connectivity index (χ3n) is 6.77. The van der Waals surface area contributed by atoms with E-state index in [4.69, 9.17) is 9.47 Å². The summed E-state index contributed by atoms with van der Waals surface area (Å²) in [4.78, 5) is 37.9. The van der Waals surface area contributed by atoms with E-state index < -0.39 is 12.2 Å². The number of nitrogens with zero attached hydrogens (tertiary/aromatic N) is 4.